The Morgan fingerprint density at radius 2 is 1.91 bits per heavy atom. The Morgan fingerprint density at radius 3 is 2.47 bits per heavy atom. The van der Waals surface area contributed by atoms with Crippen LogP contribution >= 0.6 is 0 Å². The topological polar surface area (TPSA) is 97.8 Å². The fraction of sp³-hybridized carbons (Fsp3) is 0.429. The Balaban J connectivity index is 2.08. The zero-order valence-electron chi connectivity index (χ0n) is 17.9. The van der Waals surface area contributed by atoms with Gasteiger partial charge in [-0.25, -0.2) is 9.64 Å². The molecule has 0 aliphatic carbocycles. The first-order valence-electron chi connectivity index (χ1n) is 9.46. The highest BCUT2D eigenvalue weighted by Gasteiger charge is 2.35. The number of amides is 1. The molecule has 0 saturated heterocycles. The number of carbonyl (C=O) groups is 2. The number of ketones is 1. The van der Waals surface area contributed by atoms with E-state index >= 15 is 0 Å². The molecule has 1 atom stereocenters. The smallest absolute Gasteiger partial charge is 0.412 e. The third-order valence-electron chi connectivity index (χ3n) is 4.20. The molecule has 0 aliphatic rings. The van der Waals surface area contributed by atoms with E-state index < -0.39 is 46.9 Å². The summed E-state index contributed by atoms with van der Waals surface area (Å²) in [6.07, 6.45) is -3.25. The number of ether oxygens (including phenoxy) is 1. The maximum atomic E-state index is 13.1. The molecule has 8 nitrogen and oxygen atoms in total. The Labute approximate surface area is 182 Å². The third kappa shape index (κ3) is 6.81. The number of benzene rings is 1. The zero-order chi connectivity index (χ0) is 24.3. The van der Waals surface area contributed by atoms with Gasteiger partial charge in [0.1, 0.15) is 11.2 Å². The molecule has 2 N–H and O–H groups in total. The number of aliphatic hydroxyl groups is 1. The molecule has 0 bridgehead atoms. The first-order valence-corrected chi connectivity index (χ1v) is 9.46. The number of nitrogens with one attached hydrogen (secondary N) is 1. The zero-order valence-corrected chi connectivity index (χ0v) is 17.9. The molecule has 0 saturated carbocycles. The lowest BCUT2D eigenvalue weighted by Gasteiger charge is -2.22. The molecule has 0 radical (unpaired) electrons. The van der Waals surface area contributed by atoms with Crippen LogP contribution in [0.5, 0.6) is 0 Å². The van der Waals surface area contributed by atoms with Crippen LogP contribution in [0.1, 0.15) is 38.8 Å². The number of aromatic nitrogens is 2. The second-order valence-corrected chi connectivity index (χ2v) is 8.39. The van der Waals surface area contributed by atoms with Gasteiger partial charge in [-0.1, -0.05) is 18.2 Å². The minimum absolute atomic E-state index is 0.0164. The highest BCUT2D eigenvalue weighted by Crippen LogP contribution is 2.37. The summed E-state index contributed by atoms with van der Waals surface area (Å²) in [5.74, 6) is -0.738. The molecule has 2 aromatic rings. The van der Waals surface area contributed by atoms with E-state index in [1.807, 2.05) is 0 Å². The van der Waals surface area contributed by atoms with Gasteiger partial charge in [0.05, 0.1) is 30.6 Å². The molecule has 11 heteroatoms. The van der Waals surface area contributed by atoms with Crippen LogP contribution in [-0.2, 0) is 28.7 Å². The average Bonchev–Trinajstić information content (AvgIpc) is 3.05. The molecular formula is C21H23F3N4O4. The van der Waals surface area contributed by atoms with Crippen LogP contribution in [0.3, 0.4) is 0 Å². The fourth-order valence-corrected chi connectivity index (χ4v) is 2.73. The van der Waals surface area contributed by atoms with Gasteiger partial charge in [0.25, 0.3) is 0 Å². The number of alkyl halides is 3. The van der Waals surface area contributed by atoms with Crippen molar-refractivity contribution in [3.8, 4) is 0 Å². The Hall–Kier alpha value is -3.39. The Morgan fingerprint density at radius 1 is 1.25 bits per heavy atom. The molecule has 1 amide bonds. The van der Waals surface area contributed by atoms with E-state index in [9.17, 15) is 27.9 Å². The van der Waals surface area contributed by atoms with Gasteiger partial charge in [-0.05, 0) is 33.3 Å². The first kappa shape index (κ1) is 24.9. The fourth-order valence-electron chi connectivity index (χ4n) is 2.73. The average molecular weight is 452 g/mol. The molecule has 1 heterocycles. The van der Waals surface area contributed by atoms with Gasteiger partial charge >= 0.3 is 12.3 Å². The molecule has 1 aromatic carbocycles. The van der Waals surface area contributed by atoms with Gasteiger partial charge < -0.3 is 9.84 Å². The van der Waals surface area contributed by atoms with Crippen LogP contribution in [-0.4, -0.2) is 38.0 Å². The number of nitrogens with zero attached hydrogens (tertiary/aromatic N) is 3. The van der Waals surface area contributed by atoms with E-state index in [1.54, 1.807) is 20.8 Å². The molecule has 0 unspecified atom stereocenters. The van der Waals surface area contributed by atoms with Crippen LogP contribution < -0.4 is 5.32 Å². The summed E-state index contributed by atoms with van der Waals surface area (Å²) in [7, 11) is 0. The van der Waals surface area contributed by atoms with E-state index in [-0.39, 0.29) is 17.8 Å². The molecular weight excluding hydrogens is 429 g/mol. The third-order valence-corrected chi connectivity index (χ3v) is 4.20. The van der Waals surface area contributed by atoms with Gasteiger partial charge in [-0.3, -0.25) is 14.8 Å². The number of anilines is 1. The molecule has 172 valence electrons. The standard InChI is InChI=1S/C21H23F3N4O4/c1-19(2,3)32-18(30)27-14-10-26-28(11-14)12-20(4,31)17(29)9-13-6-7-16(25-5)15(8-13)21(22,23)24/h6-8,10-11,31H,9,12H2,1-4H3,(H,27,30)/t20-/m0/s1. The van der Waals surface area contributed by atoms with Crippen molar-refractivity contribution in [2.24, 2.45) is 0 Å². The van der Waals surface area contributed by atoms with E-state index in [2.05, 4.69) is 15.3 Å². The lowest BCUT2D eigenvalue weighted by atomic mass is 9.94. The maximum Gasteiger partial charge on any atom is 0.412 e. The van der Waals surface area contributed by atoms with Crippen molar-refractivity contribution in [1.82, 2.24) is 9.78 Å². The second-order valence-electron chi connectivity index (χ2n) is 8.39. The molecule has 0 spiro atoms. The number of halogens is 3. The van der Waals surface area contributed by atoms with Crippen molar-refractivity contribution in [2.45, 2.75) is 58.0 Å². The Bertz CT molecular complexity index is 1050. The quantitative estimate of drug-likeness (QED) is 0.635. The van der Waals surface area contributed by atoms with Gasteiger partial charge in [0.15, 0.2) is 11.5 Å². The lowest BCUT2D eigenvalue weighted by Crippen LogP contribution is -2.41. The predicted molar refractivity (Wildman–Crippen MR) is 109 cm³/mol. The SMILES string of the molecule is [C-]#[N+]c1ccc(CC(=O)[C@@](C)(O)Cn2cc(NC(=O)OC(C)(C)C)cn2)cc1C(F)(F)F. The van der Waals surface area contributed by atoms with Gasteiger partial charge in [-0.15, -0.1) is 0 Å². The number of hydrogen-bond donors (Lipinski definition) is 2. The predicted octanol–water partition coefficient (Wildman–Crippen LogP) is 4.36. The summed E-state index contributed by atoms with van der Waals surface area (Å²) in [6.45, 7) is 12.9. The maximum absolute atomic E-state index is 13.1. The van der Waals surface area contributed by atoms with Crippen LogP contribution in [0.4, 0.5) is 29.3 Å². The van der Waals surface area contributed by atoms with Crippen LogP contribution in [0.25, 0.3) is 4.85 Å². The summed E-state index contributed by atoms with van der Waals surface area (Å²) >= 11 is 0. The summed E-state index contributed by atoms with van der Waals surface area (Å²) < 4.78 is 45.7. The van der Waals surface area contributed by atoms with Crippen molar-refractivity contribution in [2.75, 3.05) is 5.32 Å². The largest absolute Gasteiger partial charge is 0.444 e. The van der Waals surface area contributed by atoms with E-state index in [0.29, 0.717) is 0 Å². The summed E-state index contributed by atoms with van der Waals surface area (Å²) in [5, 5.41) is 17.0. The van der Waals surface area contributed by atoms with Crippen LogP contribution in [0, 0.1) is 6.57 Å². The number of hydrogen-bond acceptors (Lipinski definition) is 5. The summed E-state index contributed by atoms with van der Waals surface area (Å²) in [5.41, 5.74) is -4.07. The summed E-state index contributed by atoms with van der Waals surface area (Å²) in [4.78, 5) is 27.2. The normalized spacial score (nSPS) is 13.7. The van der Waals surface area contributed by atoms with Gasteiger partial charge in [0, 0.05) is 12.6 Å². The molecule has 0 aliphatic heterocycles. The first-order chi connectivity index (χ1) is 14.6. The van der Waals surface area contributed by atoms with E-state index in [1.165, 1.54) is 30.1 Å². The van der Waals surface area contributed by atoms with Crippen molar-refractivity contribution < 1.29 is 32.6 Å². The Kier molecular flexibility index (Phi) is 7.00. The molecule has 2 rings (SSSR count). The highest BCUT2D eigenvalue weighted by molar-refractivity contribution is 5.88. The molecule has 32 heavy (non-hydrogen) atoms. The minimum atomic E-state index is -4.74. The monoisotopic (exact) mass is 452 g/mol. The highest BCUT2D eigenvalue weighted by atomic mass is 19.4. The van der Waals surface area contributed by atoms with Crippen molar-refractivity contribution >= 4 is 23.3 Å². The molecule has 1 aromatic heterocycles. The number of carbonyl (C=O) groups excluding carboxylic acids is 2. The minimum Gasteiger partial charge on any atom is -0.444 e. The van der Waals surface area contributed by atoms with Gasteiger partial charge in [-0.2, -0.15) is 18.3 Å². The summed E-state index contributed by atoms with van der Waals surface area (Å²) in [6, 6.07) is 2.97. The second kappa shape index (κ2) is 9.00. The van der Waals surface area contributed by atoms with Crippen LogP contribution in [0.15, 0.2) is 30.6 Å². The number of Topliss-reactive ketones (excluding diaryl/α,β-unsaturated/α-hetero) is 1. The van der Waals surface area contributed by atoms with E-state index in [0.717, 1.165) is 12.1 Å². The van der Waals surface area contributed by atoms with E-state index in [4.69, 9.17) is 11.3 Å². The van der Waals surface area contributed by atoms with Gasteiger partial charge in [0.2, 0.25) is 0 Å². The lowest BCUT2D eigenvalue weighted by molar-refractivity contribution is -0.138. The van der Waals surface area contributed by atoms with Crippen molar-refractivity contribution in [3.63, 3.8) is 0 Å². The molecule has 0 fully saturated rings. The number of rotatable bonds is 6. The van der Waals surface area contributed by atoms with Crippen molar-refractivity contribution in [3.05, 3.63) is 53.1 Å². The van der Waals surface area contributed by atoms with Crippen molar-refractivity contribution in [1.29, 1.82) is 0 Å². The van der Waals surface area contributed by atoms with Crippen LogP contribution in [0.2, 0.25) is 0 Å².